The minimum absolute atomic E-state index is 0.0587. The van der Waals surface area contributed by atoms with Crippen molar-refractivity contribution in [2.75, 3.05) is 13.7 Å². The minimum Gasteiger partial charge on any atom is -0.394 e. The summed E-state index contributed by atoms with van der Waals surface area (Å²) in [6.45, 7) is 3.66. The number of amides is 2. The Hall–Kier alpha value is -2.34. The van der Waals surface area contributed by atoms with Crippen LogP contribution in [-0.2, 0) is 0 Å². The van der Waals surface area contributed by atoms with Crippen LogP contribution in [0, 0.1) is 0 Å². The zero-order valence-electron chi connectivity index (χ0n) is 13.1. The third kappa shape index (κ3) is 3.65. The number of hydrogen-bond donors (Lipinski definition) is 2. The van der Waals surface area contributed by atoms with Gasteiger partial charge in [0.2, 0.25) is 0 Å². The molecule has 0 aliphatic carbocycles. The molecule has 2 amide bonds. The van der Waals surface area contributed by atoms with Crippen molar-refractivity contribution >= 4 is 6.03 Å². The molecule has 0 bridgehead atoms. The van der Waals surface area contributed by atoms with Crippen molar-refractivity contribution in [1.82, 2.24) is 20.0 Å². The third-order valence-corrected chi connectivity index (χ3v) is 3.75. The molecule has 0 saturated carbocycles. The minimum atomic E-state index is -0.214. The number of benzene rings is 1. The first-order chi connectivity index (χ1) is 10.5. The van der Waals surface area contributed by atoms with Gasteiger partial charge in [0.05, 0.1) is 24.4 Å². The number of carbonyl (C=O) groups excluding carboxylic acids is 1. The van der Waals surface area contributed by atoms with Crippen molar-refractivity contribution < 1.29 is 9.90 Å². The highest BCUT2D eigenvalue weighted by Crippen LogP contribution is 2.15. The second-order valence-electron chi connectivity index (χ2n) is 5.36. The second-order valence-corrected chi connectivity index (χ2v) is 5.36. The van der Waals surface area contributed by atoms with E-state index < -0.39 is 0 Å². The summed E-state index contributed by atoms with van der Waals surface area (Å²) >= 11 is 0. The predicted octanol–water partition coefficient (Wildman–Crippen LogP) is 1.96. The van der Waals surface area contributed by atoms with Gasteiger partial charge in [-0.15, -0.1) is 0 Å². The Morgan fingerprint density at radius 3 is 2.59 bits per heavy atom. The van der Waals surface area contributed by atoms with Crippen molar-refractivity contribution in [2.45, 2.75) is 25.9 Å². The van der Waals surface area contributed by atoms with Crippen LogP contribution in [0.5, 0.6) is 0 Å². The molecule has 6 nitrogen and oxygen atoms in total. The molecule has 22 heavy (non-hydrogen) atoms. The van der Waals surface area contributed by atoms with Crippen LogP contribution in [0.2, 0.25) is 0 Å². The van der Waals surface area contributed by atoms with Crippen LogP contribution < -0.4 is 5.32 Å². The summed E-state index contributed by atoms with van der Waals surface area (Å²) in [5, 5.41) is 16.2. The third-order valence-electron chi connectivity index (χ3n) is 3.75. The molecule has 2 atom stereocenters. The van der Waals surface area contributed by atoms with Gasteiger partial charge in [0.15, 0.2) is 0 Å². The molecular formula is C16H22N4O2. The summed E-state index contributed by atoms with van der Waals surface area (Å²) in [4.78, 5) is 13.6. The van der Waals surface area contributed by atoms with E-state index >= 15 is 0 Å². The lowest BCUT2D eigenvalue weighted by atomic mass is 10.1. The van der Waals surface area contributed by atoms with E-state index in [1.165, 1.54) is 4.90 Å². The van der Waals surface area contributed by atoms with Gasteiger partial charge in [-0.2, -0.15) is 5.10 Å². The summed E-state index contributed by atoms with van der Waals surface area (Å²) in [6, 6.07) is 9.20. The highest BCUT2D eigenvalue weighted by atomic mass is 16.3. The zero-order chi connectivity index (χ0) is 16.1. The average Bonchev–Trinajstić information content (AvgIpc) is 3.07. The van der Waals surface area contributed by atoms with Gasteiger partial charge in [-0.1, -0.05) is 12.1 Å². The van der Waals surface area contributed by atoms with E-state index in [2.05, 4.69) is 10.4 Å². The number of aliphatic hydroxyl groups is 1. The molecule has 1 aromatic carbocycles. The summed E-state index contributed by atoms with van der Waals surface area (Å²) in [7, 11) is 1.67. The van der Waals surface area contributed by atoms with E-state index in [1.54, 1.807) is 24.9 Å². The number of hydrogen-bond acceptors (Lipinski definition) is 3. The monoisotopic (exact) mass is 302 g/mol. The molecule has 0 aliphatic rings. The second kappa shape index (κ2) is 7.09. The predicted molar refractivity (Wildman–Crippen MR) is 84.8 cm³/mol. The van der Waals surface area contributed by atoms with Crippen LogP contribution in [0.4, 0.5) is 4.79 Å². The standard InChI is InChI=1S/C16H22N4O2/c1-12(11-21)19(3)16(22)18-13(2)14-5-7-15(8-6-14)20-10-4-9-17-20/h4-10,12-13,21H,11H2,1-3H3,(H,18,22). The molecule has 1 heterocycles. The summed E-state index contributed by atoms with van der Waals surface area (Å²) in [6.07, 6.45) is 3.61. The van der Waals surface area contributed by atoms with E-state index in [0.717, 1.165) is 11.3 Å². The molecule has 118 valence electrons. The molecule has 0 fully saturated rings. The normalized spacial score (nSPS) is 13.5. The number of aliphatic hydroxyl groups excluding tert-OH is 1. The smallest absolute Gasteiger partial charge is 0.317 e. The Bertz CT molecular complexity index is 595. The van der Waals surface area contributed by atoms with Crippen LogP contribution in [0.15, 0.2) is 42.7 Å². The fraction of sp³-hybridized carbons (Fsp3) is 0.375. The van der Waals surface area contributed by atoms with Gasteiger partial charge in [0.1, 0.15) is 0 Å². The van der Waals surface area contributed by atoms with Crippen LogP contribution in [0.25, 0.3) is 5.69 Å². The maximum atomic E-state index is 12.1. The van der Waals surface area contributed by atoms with E-state index in [4.69, 9.17) is 5.11 Å². The molecule has 2 aromatic rings. The van der Waals surface area contributed by atoms with E-state index in [0.29, 0.717) is 0 Å². The molecular weight excluding hydrogens is 280 g/mol. The van der Waals surface area contributed by atoms with E-state index in [9.17, 15) is 4.79 Å². The lowest BCUT2D eigenvalue weighted by molar-refractivity contribution is 0.155. The lowest BCUT2D eigenvalue weighted by Gasteiger charge is -2.25. The van der Waals surface area contributed by atoms with Gasteiger partial charge in [0, 0.05) is 19.4 Å². The van der Waals surface area contributed by atoms with Gasteiger partial charge in [-0.05, 0) is 37.6 Å². The quantitative estimate of drug-likeness (QED) is 0.887. The van der Waals surface area contributed by atoms with Crippen molar-refractivity contribution in [3.63, 3.8) is 0 Å². The fourth-order valence-corrected chi connectivity index (χ4v) is 2.03. The number of nitrogens with one attached hydrogen (secondary N) is 1. The number of aromatic nitrogens is 2. The number of likely N-dealkylation sites (N-methyl/N-ethyl adjacent to an activating group) is 1. The highest BCUT2D eigenvalue weighted by molar-refractivity contribution is 5.74. The number of urea groups is 1. The Kier molecular flexibility index (Phi) is 5.16. The van der Waals surface area contributed by atoms with Crippen LogP contribution in [0.3, 0.4) is 0 Å². The molecule has 2 rings (SSSR count). The van der Waals surface area contributed by atoms with Crippen molar-refractivity contribution in [2.24, 2.45) is 0 Å². The topological polar surface area (TPSA) is 70.4 Å². The van der Waals surface area contributed by atoms with Crippen molar-refractivity contribution in [3.05, 3.63) is 48.3 Å². The average molecular weight is 302 g/mol. The molecule has 1 aromatic heterocycles. The first-order valence-electron chi connectivity index (χ1n) is 7.27. The molecule has 0 aliphatic heterocycles. The molecule has 0 saturated heterocycles. The molecule has 6 heteroatoms. The maximum Gasteiger partial charge on any atom is 0.317 e. The SMILES string of the molecule is CC(NC(=O)N(C)C(C)CO)c1ccc(-n2cccn2)cc1. The Morgan fingerprint density at radius 2 is 2.05 bits per heavy atom. The van der Waals surface area contributed by atoms with E-state index in [1.807, 2.05) is 43.5 Å². The highest BCUT2D eigenvalue weighted by Gasteiger charge is 2.17. The number of nitrogens with zero attached hydrogens (tertiary/aromatic N) is 3. The zero-order valence-corrected chi connectivity index (χ0v) is 13.1. The van der Waals surface area contributed by atoms with Crippen molar-refractivity contribution in [3.8, 4) is 5.69 Å². The Labute approximate surface area is 130 Å². The number of rotatable bonds is 5. The van der Waals surface area contributed by atoms with Crippen molar-refractivity contribution in [1.29, 1.82) is 0 Å². The van der Waals surface area contributed by atoms with Crippen LogP contribution >= 0.6 is 0 Å². The lowest BCUT2D eigenvalue weighted by Crippen LogP contribution is -2.44. The van der Waals surface area contributed by atoms with Gasteiger partial charge < -0.3 is 15.3 Å². The van der Waals surface area contributed by atoms with Gasteiger partial charge in [-0.25, -0.2) is 9.48 Å². The van der Waals surface area contributed by atoms with E-state index in [-0.39, 0.29) is 24.7 Å². The largest absolute Gasteiger partial charge is 0.394 e. The summed E-state index contributed by atoms with van der Waals surface area (Å²) < 4.78 is 1.78. The molecule has 2 unspecified atom stereocenters. The number of carbonyl (C=O) groups is 1. The van der Waals surface area contributed by atoms with Crippen LogP contribution in [-0.4, -0.2) is 45.5 Å². The first-order valence-corrected chi connectivity index (χ1v) is 7.27. The van der Waals surface area contributed by atoms with Crippen LogP contribution in [0.1, 0.15) is 25.5 Å². The summed E-state index contributed by atoms with van der Waals surface area (Å²) in [5.41, 5.74) is 1.98. The maximum absolute atomic E-state index is 12.1. The Balaban J connectivity index is 2.01. The molecule has 2 N–H and O–H groups in total. The molecule has 0 spiro atoms. The molecule has 0 radical (unpaired) electrons. The van der Waals surface area contributed by atoms with Gasteiger partial charge >= 0.3 is 6.03 Å². The fourth-order valence-electron chi connectivity index (χ4n) is 2.03. The first kappa shape index (κ1) is 16.0. The summed E-state index contributed by atoms with van der Waals surface area (Å²) in [5.74, 6) is 0. The van der Waals surface area contributed by atoms with Gasteiger partial charge in [0.25, 0.3) is 0 Å². The van der Waals surface area contributed by atoms with Gasteiger partial charge in [-0.3, -0.25) is 0 Å². The Morgan fingerprint density at radius 1 is 1.36 bits per heavy atom.